The van der Waals surface area contributed by atoms with Gasteiger partial charge in [-0.1, -0.05) is 30.0 Å². The molecule has 0 bridgehead atoms. The number of aromatic nitrogens is 4. The largest absolute Gasteiger partial charge is 0.453 e. The van der Waals surface area contributed by atoms with Crippen LogP contribution in [0.4, 0.5) is 5.69 Å². The number of carbonyl (C=O) groups excluding carboxylic acids is 2. The van der Waals surface area contributed by atoms with Gasteiger partial charge in [0.15, 0.2) is 6.10 Å². The molecule has 0 radical (unpaired) electrons. The zero-order valence-corrected chi connectivity index (χ0v) is 17.6. The average Bonchev–Trinajstić information content (AvgIpc) is 3.11. The number of hydrogen-bond donors (Lipinski definition) is 1. The van der Waals surface area contributed by atoms with Crippen molar-refractivity contribution in [1.82, 2.24) is 19.6 Å². The molecule has 3 aromatic rings. The lowest BCUT2D eigenvalue weighted by atomic mass is 10.1. The molecule has 0 aliphatic rings. The number of amides is 1. The number of carbonyl (C=O) groups is 2. The van der Waals surface area contributed by atoms with E-state index in [9.17, 15) is 9.59 Å². The smallest absolute Gasteiger partial charge is 0.306 e. The molecule has 0 spiro atoms. The van der Waals surface area contributed by atoms with Gasteiger partial charge in [0, 0.05) is 23.5 Å². The van der Waals surface area contributed by atoms with Gasteiger partial charge in [0.2, 0.25) is 5.16 Å². The molecule has 29 heavy (non-hydrogen) atoms. The monoisotopic (exact) mass is 413 g/mol. The molecule has 8 nitrogen and oxygen atoms in total. The lowest BCUT2D eigenvalue weighted by molar-refractivity contribution is -0.153. The summed E-state index contributed by atoms with van der Waals surface area (Å²) in [6.07, 6.45) is 1.61. The fraction of sp³-hybridized carbons (Fsp3) is 0.350. The first-order chi connectivity index (χ1) is 13.9. The molecule has 0 unspecified atom stereocenters. The zero-order chi connectivity index (χ0) is 21.0. The number of rotatable bonds is 7. The normalized spacial score (nSPS) is 12.0. The summed E-state index contributed by atoms with van der Waals surface area (Å²) in [6.45, 7) is 5.37. The first-order valence-corrected chi connectivity index (χ1v) is 10.4. The van der Waals surface area contributed by atoms with E-state index in [1.807, 2.05) is 38.3 Å². The third-order valence-electron chi connectivity index (χ3n) is 4.51. The summed E-state index contributed by atoms with van der Waals surface area (Å²) in [5, 5.41) is 7.78. The molecule has 0 fully saturated rings. The molecule has 0 aliphatic heterocycles. The Bertz CT molecular complexity index is 1040. The van der Waals surface area contributed by atoms with Crippen LogP contribution in [0.25, 0.3) is 5.78 Å². The van der Waals surface area contributed by atoms with E-state index in [2.05, 4.69) is 20.4 Å². The van der Waals surface area contributed by atoms with Gasteiger partial charge in [-0.25, -0.2) is 9.50 Å². The Labute approximate surface area is 173 Å². The molecule has 1 N–H and O–H groups in total. The topological polar surface area (TPSA) is 98.5 Å². The van der Waals surface area contributed by atoms with Crippen molar-refractivity contribution in [3.63, 3.8) is 0 Å². The molecular formula is C20H23N5O3S. The van der Waals surface area contributed by atoms with Gasteiger partial charge in [0.25, 0.3) is 11.7 Å². The van der Waals surface area contributed by atoms with E-state index < -0.39 is 12.1 Å². The lowest BCUT2D eigenvalue weighted by Crippen LogP contribution is -2.30. The van der Waals surface area contributed by atoms with Crippen LogP contribution in [0.5, 0.6) is 0 Å². The van der Waals surface area contributed by atoms with Crippen LogP contribution in [0.3, 0.4) is 0 Å². The van der Waals surface area contributed by atoms with Gasteiger partial charge in [-0.05, 0) is 51.1 Å². The van der Waals surface area contributed by atoms with Crippen LogP contribution in [-0.4, -0.2) is 43.8 Å². The van der Waals surface area contributed by atoms with E-state index in [-0.39, 0.29) is 12.3 Å². The van der Waals surface area contributed by atoms with Crippen LogP contribution in [0.2, 0.25) is 0 Å². The van der Waals surface area contributed by atoms with Crippen molar-refractivity contribution in [2.45, 2.75) is 44.9 Å². The summed E-state index contributed by atoms with van der Waals surface area (Å²) in [4.78, 5) is 33.3. The number of ether oxygens (including phenoxy) is 1. The number of anilines is 1. The zero-order valence-electron chi connectivity index (χ0n) is 16.8. The fourth-order valence-electron chi connectivity index (χ4n) is 2.94. The lowest BCUT2D eigenvalue weighted by Gasteiger charge is -2.14. The Morgan fingerprint density at radius 3 is 2.62 bits per heavy atom. The standard InChI is InChI=1S/C20H23N5O3S/c1-12-16(13(2)25-19(21-12)23-20(24-25)29-4)10-11-17(26)28-14(3)18(27)22-15-8-6-5-7-9-15/h5-9,14H,10-11H2,1-4H3,(H,22,27)/t14-/m0/s1. The third kappa shape index (κ3) is 4.92. The number of para-hydroxylation sites is 1. The first kappa shape index (κ1) is 20.8. The number of nitrogens with zero attached hydrogens (tertiary/aromatic N) is 4. The Kier molecular flexibility index (Phi) is 6.48. The van der Waals surface area contributed by atoms with E-state index in [0.29, 0.717) is 23.0 Å². The van der Waals surface area contributed by atoms with E-state index >= 15 is 0 Å². The van der Waals surface area contributed by atoms with Crippen LogP contribution in [0.1, 0.15) is 30.3 Å². The van der Waals surface area contributed by atoms with Crippen LogP contribution in [0.15, 0.2) is 35.5 Å². The van der Waals surface area contributed by atoms with Crippen molar-refractivity contribution in [3.8, 4) is 0 Å². The van der Waals surface area contributed by atoms with Crippen LogP contribution in [-0.2, 0) is 20.7 Å². The van der Waals surface area contributed by atoms with Crippen molar-refractivity contribution in [2.24, 2.45) is 0 Å². The minimum atomic E-state index is -0.884. The minimum Gasteiger partial charge on any atom is -0.453 e. The highest BCUT2D eigenvalue weighted by Gasteiger charge is 2.19. The third-order valence-corrected chi connectivity index (χ3v) is 5.05. The number of nitrogens with one attached hydrogen (secondary N) is 1. The number of fused-ring (bicyclic) bond motifs is 1. The van der Waals surface area contributed by atoms with E-state index in [0.717, 1.165) is 17.0 Å². The summed E-state index contributed by atoms with van der Waals surface area (Å²) in [5.41, 5.74) is 3.28. The number of hydrogen-bond acceptors (Lipinski definition) is 7. The highest BCUT2D eigenvalue weighted by Crippen LogP contribution is 2.18. The molecule has 1 atom stereocenters. The molecule has 0 saturated carbocycles. The van der Waals surface area contributed by atoms with Crippen molar-refractivity contribution in [2.75, 3.05) is 11.6 Å². The Hall–Kier alpha value is -2.94. The molecular weight excluding hydrogens is 390 g/mol. The molecule has 152 valence electrons. The van der Waals surface area contributed by atoms with Crippen molar-refractivity contribution < 1.29 is 14.3 Å². The van der Waals surface area contributed by atoms with E-state index in [1.165, 1.54) is 11.8 Å². The summed E-state index contributed by atoms with van der Waals surface area (Å²) >= 11 is 1.45. The number of esters is 1. The second-order valence-electron chi connectivity index (χ2n) is 6.56. The summed E-state index contributed by atoms with van der Waals surface area (Å²) in [6, 6.07) is 9.04. The Morgan fingerprint density at radius 2 is 1.93 bits per heavy atom. The molecule has 2 heterocycles. The maximum Gasteiger partial charge on any atom is 0.306 e. The van der Waals surface area contributed by atoms with E-state index in [4.69, 9.17) is 4.74 Å². The Balaban J connectivity index is 1.61. The molecule has 9 heteroatoms. The van der Waals surface area contributed by atoms with Crippen molar-refractivity contribution >= 4 is 35.1 Å². The average molecular weight is 414 g/mol. The van der Waals surface area contributed by atoms with Gasteiger partial charge in [-0.15, -0.1) is 5.10 Å². The number of thioether (sulfide) groups is 1. The van der Waals surface area contributed by atoms with Crippen molar-refractivity contribution in [1.29, 1.82) is 0 Å². The molecule has 1 amide bonds. The highest BCUT2D eigenvalue weighted by atomic mass is 32.2. The van der Waals surface area contributed by atoms with Gasteiger partial charge >= 0.3 is 5.97 Å². The van der Waals surface area contributed by atoms with Crippen LogP contribution >= 0.6 is 11.8 Å². The predicted molar refractivity (Wildman–Crippen MR) is 111 cm³/mol. The van der Waals surface area contributed by atoms with Gasteiger partial charge in [-0.2, -0.15) is 4.98 Å². The number of aryl methyl sites for hydroxylation is 2. The SMILES string of the molecule is CSc1nc2nc(C)c(CCC(=O)O[C@@H](C)C(=O)Nc3ccccc3)c(C)n2n1. The van der Waals surface area contributed by atoms with Gasteiger partial charge in [-0.3, -0.25) is 9.59 Å². The minimum absolute atomic E-state index is 0.141. The predicted octanol–water partition coefficient (Wildman–Crippen LogP) is 2.97. The van der Waals surface area contributed by atoms with Crippen LogP contribution < -0.4 is 5.32 Å². The summed E-state index contributed by atoms with van der Waals surface area (Å²) < 4.78 is 6.98. The molecule has 0 saturated heterocycles. The highest BCUT2D eigenvalue weighted by molar-refractivity contribution is 7.98. The quantitative estimate of drug-likeness (QED) is 0.470. The van der Waals surface area contributed by atoms with Gasteiger partial charge in [0.1, 0.15) is 0 Å². The maximum atomic E-state index is 12.3. The maximum absolute atomic E-state index is 12.3. The number of benzene rings is 1. The molecule has 3 rings (SSSR count). The molecule has 2 aromatic heterocycles. The second-order valence-corrected chi connectivity index (χ2v) is 7.33. The van der Waals surface area contributed by atoms with Gasteiger partial charge < -0.3 is 10.1 Å². The molecule has 1 aromatic carbocycles. The second kappa shape index (κ2) is 9.04. The fourth-order valence-corrected chi connectivity index (χ4v) is 3.28. The first-order valence-electron chi connectivity index (χ1n) is 9.21. The van der Waals surface area contributed by atoms with Gasteiger partial charge in [0.05, 0.1) is 0 Å². The van der Waals surface area contributed by atoms with Crippen LogP contribution in [0, 0.1) is 13.8 Å². The molecule has 0 aliphatic carbocycles. The summed E-state index contributed by atoms with van der Waals surface area (Å²) in [7, 11) is 0. The van der Waals surface area contributed by atoms with Crippen molar-refractivity contribution in [3.05, 3.63) is 47.3 Å². The van der Waals surface area contributed by atoms with E-state index in [1.54, 1.807) is 23.6 Å². The Morgan fingerprint density at radius 1 is 1.21 bits per heavy atom. The summed E-state index contributed by atoms with van der Waals surface area (Å²) in [5.74, 6) is -0.267.